The topological polar surface area (TPSA) is 29.3 Å². The summed E-state index contributed by atoms with van der Waals surface area (Å²) in [5.41, 5.74) is 9.16. The smallest absolute Gasteiger partial charge is 0.0174 e. The van der Waals surface area contributed by atoms with Crippen LogP contribution in [0.2, 0.25) is 0 Å². The fourth-order valence-electron chi connectivity index (χ4n) is 3.19. The Morgan fingerprint density at radius 1 is 1.15 bits per heavy atom. The van der Waals surface area contributed by atoms with Crippen molar-refractivity contribution < 1.29 is 0 Å². The second-order valence-electron chi connectivity index (χ2n) is 6.73. The summed E-state index contributed by atoms with van der Waals surface area (Å²) in [6, 6.07) is 10.1. The second kappa shape index (κ2) is 6.73. The Hall–Kier alpha value is -0.860. The van der Waals surface area contributed by atoms with E-state index in [1.165, 1.54) is 17.5 Å². The van der Waals surface area contributed by atoms with Gasteiger partial charge in [-0.3, -0.25) is 4.90 Å². The van der Waals surface area contributed by atoms with Crippen LogP contribution in [-0.4, -0.2) is 30.1 Å². The summed E-state index contributed by atoms with van der Waals surface area (Å²) in [6.07, 6.45) is 2.32. The van der Waals surface area contributed by atoms with E-state index in [9.17, 15) is 0 Å². The predicted octanol–water partition coefficient (Wildman–Crippen LogP) is 3.73. The minimum atomic E-state index is 0.313. The number of piperidine rings is 1. The van der Waals surface area contributed by atoms with Crippen LogP contribution in [0.3, 0.4) is 0 Å². The zero-order chi connectivity index (χ0) is 14.7. The normalized spacial score (nSPS) is 25.9. The SMILES string of the molecule is CCC(C)N1CC(N)CC(c2ccc(C(C)C)cc2)C1. The number of nitrogens with two attached hydrogens (primary N) is 1. The summed E-state index contributed by atoms with van der Waals surface area (Å²) >= 11 is 0. The molecule has 0 aliphatic carbocycles. The van der Waals surface area contributed by atoms with Crippen molar-refractivity contribution in [3.05, 3.63) is 35.4 Å². The second-order valence-corrected chi connectivity index (χ2v) is 6.73. The maximum atomic E-state index is 6.28. The van der Waals surface area contributed by atoms with Gasteiger partial charge in [0.2, 0.25) is 0 Å². The molecule has 2 nitrogen and oxygen atoms in total. The van der Waals surface area contributed by atoms with E-state index >= 15 is 0 Å². The molecule has 0 amide bonds. The largest absolute Gasteiger partial charge is 0.327 e. The van der Waals surface area contributed by atoms with Crippen molar-refractivity contribution in [2.24, 2.45) is 5.73 Å². The van der Waals surface area contributed by atoms with Crippen LogP contribution in [0.4, 0.5) is 0 Å². The summed E-state index contributed by atoms with van der Waals surface area (Å²) in [5, 5.41) is 0. The van der Waals surface area contributed by atoms with E-state index in [-0.39, 0.29) is 0 Å². The average molecular weight is 274 g/mol. The van der Waals surface area contributed by atoms with Gasteiger partial charge in [-0.05, 0) is 42.7 Å². The Morgan fingerprint density at radius 2 is 1.80 bits per heavy atom. The maximum absolute atomic E-state index is 6.28. The van der Waals surface area contributed by atoms with Gasteiger partial charge >= 0.3 is 0 Å². The molecule has 1 aliphatic heterocycles. The van der Waals surface area contributed by atoms with Crippen LogP contribution in [0.25, 0.3) is 0 Å². The molecule has 112 valence electrons. The van der Waals surface area contributed by atoms with Gasteiger partial charge in [0.05, 0.1) is 0 Å². The lowest BCUT2D eigenvalue weighted by molar-refractivity contribution is 0.140. The summed E-state index contributed by atoms with van der Waals surface area (Å²) in [6.45, 7) is 11.3. The van der Waals surface area contributed by atoms with Crippen molar-refractivity contribution in [3.8, 4) is 0 Å². The fourth-order valence-corrected chi connectivity index (χ4v) is 3.19. The van der Waals surface area contributed by atoms with Crippen LogP contribution in [0.1, 0.15) is 63.5 Å². The third-order valence-corrected chi connectivity index (χ3v) is 4.80. The minimum Gasteiger partial charge on any atom is -0.327 e. The van der Waals surface area contributed by atoms with Crippen LogP contribution in [0.15, 0.2) is 24.3 Å². The lowest BCUT2D eigenvalue weighted by Gasteiger charge is -2.39. The number of likely N-dealkylation sites (tertiary alicyclic amines) is 1. The lowest BCUT2D eigenvalue weighted by atomic mass is 9.86. The van der Waals surface area contributed by atoms with E-state index in [1.807, 2.05) is 0 Å². The quantitative estimate of drug-likeness (QED) is 0.906. The Kier molecular flexibility index (Phi) is 5.22. The fraction of sp³-hybridized carbons (Fsp3) is 0.667. The first-order valence-corrected chi connectivity index (χ1v) is 8.10. The number of benzene rings is 1. The number of hydrogen-bond donors (Lipinski definition) is 1. The summed E-state index contributed by atoms with van der Waals surface area (Å²) in [4.78, 5) is 2.56. The molecule has 1 aliphatic rings. The molecule has 3 unspecified atom stereocenters. The van der Waals surface area contributed by atoms with Crippen molar-refractivity contribution >= 4 is 0 Å². The first-order chi connectivity index (χ1) is 9.51. The molecule has 0 bridgehead atoms. The van der Waals surface area contributed by atoms with E-state index in [2.05, 4.69) is 56.9 Å². The lowest BCUT2D eigenvalue weighted by Crippen LogP contribution is -2.49. The number of nitrogens with zero attached hydrogens (tertiary/aromatic N) is 1. The maximum Gasteiger partial charge on any atom is 0.0174 e. The van der Waals surface area contributed by atoms with Crippen molar-refractivity contribution in [1.29, 1.82) is 0 Å². The monoisotopic (exact) mass is 274 g/mol. The molecule has 2 heteroatoms. The molecule has 0 spiro atoms. The first kappa shape index (κ1) is 15.5. The van der Waals surface area contributed by atoms with E-state index in [0.717, 1.165) is 19.5 Å². The Balaban J connectivity index is 2.10. The Labute approximate surface area is 124 Å². The van der Waals surface area contributed by atoms with E-state index < -0.39 is 0 Å². The van der Waals surface area contributed by atoms with Crippen LogP contribution in [-0.2, 0) is 0 Å². The van der Waals surface area contributed by atoms with Gasteiger partial charge in [-0.25, -0.2) is 0 Å². The van der Waals surface area contributed by atoms with Gasteiger partial charge in [-0.1, -0.05) is 45.0 Å². The highest BCUT2D eigenvalue weighted by atomic mass is 15.2. The van der Waals surface area contributed by atoms with Gasteiger partial charge in [-0.2, -0.15) is 0 Å². The van der Waals surface area contributed by atoms with Crippen LogP contribution in [0, 0.1) is 0 Å². The van der Waals surface area contributed by atoms with Crippen molar-refractivity contribution in [1.82, 2.24) is 4.90 Å². The molecule has 1 fully saturated rings. The molecule has 2 rings (SSSR count). The third-order valence-electron chi connectivity index (χ3n) is 4.80. The zero-order valence-corrected chi connectivity index (χ0v) is 13.5. The van der Waals surface area contributed by atoms with E-state index in [0.29, 0.717) is 23.9 Å². The van der Waals surface area contributed by atoms with Crippen molar-refractivity contribution in [2.75, 3.05) is 13.1 Å². The highest BCUT2D eigenvalue weighted by Crippen LogP contribution is 2.29. The highest BCUT2D eigenvalue weighted by molar-refractivity contribution is 5.28. The number of rotatable bonds is 4. The summed E-state index contributed by atoms with van der Waals surface area (Å²) in [7, 11) is 0. The average Bonchev–Trinajstić information content (AvgIpc) is 2.45. The molecular weight excluding hydrogens is 244 g/mol. The van der Waals surface area contributed by atoms with E-state index in [1.54, 1.807) is 0 Å². The highest BCUT2D eigenvalue weighted by Gasteiger charge is 2.28. The molecule has 0 radical (unpaired) electrons. The molecule has 20 heavy (non-hydrogen) atoms. The molecule has 0 saturated carbocycles. The molecule has 1 aromatic rings. The molecule has 1 saturated heterocycles. The van der Waals surface area contributed by atoms with Gasteiger partial charge in [0.1, 0.15) is 0 Å². The summed E-state index contributed by atoms with van der Waals surface area (Å²) < 4.78 is 0. The van der Waals surface area contributed by atoms with Crippen LogP contribution in [0.5, 0.6) is 0 Å². The third kappa shape index (κ3) is 3.62. The van der Waals surface area contributed by atoms with Crippen molar-refractivity contribution in [2.45, 2.75) is 64.5 Å². The molecule has 3 atom stereocenters. The molecule has 0 aromatic heterocycles. The van der Waals surface area contributed by atoms with Crippen LogP contribution < -0.4 is 5.73 Å². The molecule has 1 aromatic carbocycles. The Morgan fingerprint density at radius 3 is 2.35 bits per heavy atom. The van der Waals surface area contributed by atoms with Crippen molar-refractivity contribution in [3.63, 3.8) is 0 Å². The molecule has 1 heterocycles. The van der Waals surface area contributed by atoms with Crippen LogP contribution >= 0.6 is 0 Å². The standard InChI is InChI=1S/C18H30N2/c1-5-14(4)20-11-17(10-18(19)12-20)16-8-6-15(7-9-16)13(2)3/h6-9,13-14,17-18H,5,10-12,19H2,1-4H3. The van der Waals surface area contributed by atoms with E-state index in [4.69, 9.17) is 5.73 Å². The zero-order valence-electron chi connectivity index (χ0n) is 13.5. The first-order valence-electron chi connectivity index (χ1n) is 8.10. The van der Waals surface area contributed by atoms with Gasteiger partial charge in [0.15, 0.2) is 0 Å². The predicted molar refractivity (Wildman–Crippen MR) is 87.2 cm³/mol. The van der Waals surface area contributed by atoms with Gasteiger partial charge in [-0.15, -0.1) is 0 Å². The molecular formula is C18H30N2. The minimum absolute atomic E-state index is 0.313. The number of hydrogen-bond acceptors (Lipinski definition) is 2. The van der Waals surface area contributed by atoms with Gasteiger partial charge in [0.25, 0.3) is 0 Å². The Bertz CT molecular complexity index is 410. The van der Waals surface area contributed by atoms with Gasteiger partial charge < -0.3 is 5.73 Å². The van der Waals surface area contributed by atoms with Gasteiger partial charge in [0, 0.05) is 25.2 Å². The molecule has 2 N–H and O–H groups in total. The summed E-state index contributed by atoms with van der Waals surface area (Å²) in [5.74, 6) is 1.20.